The Labute approximate surface area is 119 Å². The van der Waals surface area contributed by atoms with Crippen LogP contribution in [0.2, 0.25) is 0 Å². The molecule has 0 unspecified atom stereocenters. The van der Waals surface area contributed by atoms with Crippen LogP contribution in [0.15, 0.2) is 11.8 Å². The van der Waals surface area contributed by atoms with Gasteiger partial charge in [-0.3, -0.25) is 9.59 Å². The molecule has 6 nitrogen and oxygen atoms in total. The molecule has 0 aromatic rings. The third kappa shape index (κ3) is 6.23. The highest BCUT2D eigenvalue weighted by atomic mass is 16.1. The predicted molar refractivity (Wildman–Crippen MR) is 75.4 cm³/mol. The van der Waals surface area contributed by atoms with Crippen LogP contribution in [0, 0.1) is 11.3 Å². The van der Waals surface area contributed by atoms with E-state index >= 15 is 0 Å². The summed E-state index contributed by atoms with van der Waals surface area (Å²) in [6.45, 7) is 1.17. The fraction of sp³-hybridized carbons (Fsp3) is 0.643. The second-order valence-corrected chi connectivity index (χ2v) is 4.86. The number of amides is 2. The zero-order chi connectivity index (χ0) is 14.6. The number of nitriles is 1. The van der Waals surface area contributed by atoms with Crippen molar-refractivity contribution in [1.29, 1.82) is 5.26 Å². The molecule has 0 aliphatic heterocycles. The SMILES string of the molecule is N#C/C(=C/NCCCNC=O)C(=O)NC1CCCCC1. The molecule has 20 heavy (non-hydrogen) atoms. The van der Waals surface area contributed by atoms with Crippen molar-refractivity contribution in [3.63, 3.8) is 0 Å². The summed E-state index contributed by atoms with van der Waals surface area (Å²) in [5.74, 6) is -0.307. The molecule has 0 heterocycles. The molecule has 1 aliphatic rings. The summed E-state index contributed by atoms with van der Waals surface area (Å²) in [6.07, 6.45) is 8.32. The van der Waals surface area contributed by atoms with Crippen LogP contribution >= 0.6 is 0 Å². The fourth-order valence-corrected chi connectivity index (χ4v) is 2.18. The first-order valence-electron chi connectivity index (χ1n) is 7.09. The van der Waals surface area contributed by atoms with Crippen LogP contribution in [0.25, 0.3) is 0 Å². The van der Waals surface area contributed by atoms with Gasteiger partial charge in [-0.15, -0.1) is 0 Å². The Morgan fingerprint density at radius 3 is 2.55 bits per heavy atom. The van der Waals surface area contributed by atoms with Gasteiger partial charge in [0.05, 0.1) is 0 Å². The highest BCUT2D eigenvalue weighted by Gasteiger charge is 2.17. The van der Waals surface area contributed by atoms with Gasteiger partial charge in [0, 0.05) is 25.3 Å². The van der Waals surface area contributed by atoms with Gasteiger partial charge >= 0.3 is 0 Å². The van der Waals surface area contributed by atoms with Gasteiger partial charge in [-0.05, 0) is 19.3 Å². The van der Waals surface area contributed by atoms with Crippen LogP contribution < -0.4 is 16.0 Å². The maximum absolute atomic E-state index is 11.9. The van der Waals surface area contributed by atoms with Gasteiger partial charge in [-0.25, -0.2) is 0 Å². The van der Waals surface area contributed by atoms with Crippen molar-refractivity contribution >= 4 is 12.3 Å². The number of hydrogen-bond donors (Lipinski definition) is 3. The van der Waals surface area contributed by atoms with Crippen LogP contribution in [-0.4, -0.2) is 31.4 Å². The number of nitrogens with zero attached hydrogens (tertiary/aromatic N) is 1. The first-order chi connectivity index (χ1) is 9.77. The number of nitrogens with one attached hydrogen (secondary N) is 3. The molecule has 0 radical (unpaired) electrons. The van der Waals surface area contributed by atoms with Gasteiger partial charge in [0.1, 0.15) is 11.6 Å². The summed E-state index contributed by atoms with van der Waals surface area (Å²) >= 11 is 0. The average molecular weight is 278 g/mol. The van der Waals surface area contributed by atoms with Crippen molar-refractivity contribution in [3.05, 3.63) is 11.8 Å². The number of carbonyl (C=O) groups is 2. The molecule has 0 bridgehead atoms. The largest absolute Gasteiger partial charge is 0.390 e. The van der Waals surface area contributed by atoms with Crippen LogP contribution in [0.4, 0.5) is 0 Å². The molecular weight excluding hydrogens is 256 g/mol. The summed E-state index contributed by atoms with van der Waals surface area (Å²) < 4.78 is 0. The number of hydrogen-bond acceptors (Lipinski definition) is 4. The van der Waals surface area contributed by atoms with E-state index in [1.807, 2.05) is 6.07 Å². The Hall–Kier alpha value is -2.03. The summed E-state index contributed by atoms with van der Waals surface area (Å²) in [7, 11) is 0. The van der Waals surface area contributed by atoms with E-state index in [4.69, 9.17) is 5.26 Å². The third-order valence-electron chi connectivity index (χ3n) is 3.28. The molecule has 0 spiro atoms. The lowest BCUT2D eigenvalue weighted by Crippen LogP contribution is -2.37. The van der Waals surface area contributed by atoms with E-state index in [-0.39, 0.29) is 17.5 Å². The van der Waals surface area contributed by atoms with E-state index in [1.54, 1.807) is 0 Å². The first-order valence-corrected chi connectivity index (χ1v) is 7.09. The predicted octanol–water partition coefficient (Wildman–Crippen LogP) is 0.568. The van der Waals surface area contributed by atoms with Crippen LogP contribution in [-0.2, 0) is 9.59 Å². The normalized spacial score (nSPS) is 16.1. The molecule has 2 amide bonds. The fourth-order valence-electron chi connectivity index (χ4n) is 2.18. The van der Waals surface area contributed by atoms with Crippen LogP contribution in [0.1, 0.15) is 38.5 Å². The molecule has 0 atom stereocenters. The highest BCUT2D eigenvalue weighted by Crippen LogP contribution is 2.17. The van der Waals surface area contributed by atoms with Crippen LogP contribution in [0.5, 0.6) is 0 Å². The van der Waals surface area contributed by atoms with Crippen molar-refractivity contribution in [2.75, 3.05) is 13.1 Å². The minimum absolute atomic E-state index is 0.0962. The highest BCUT2D eigenvalue weighted by molar-refractivity contribution is 5.97. The average Bonchev–Trinajstić information content (AvgIpc) is 2.47. The molecule has 3 N–H and O–H groups in total. The second kappa shape index (κ2) is 9.84. The third-order valence-corrected chi connectivity index (χ3v) is 3.28. The minimum Gasteiger partial charge on any atom is -0.390 e. The molecule has 1 rings (SSSR count). The smallest absolute Gasteiger partial charge is 0.263 e. The molecule has 0 saturated heterocycles. The van der Waals surface area contributed by atoms with E-state index in [2.05, 4.69) is 16.0 Å². The minimum atomic E-state index is -0.307. The molecule has 1 aliphatic carbocycles. The molecule has 1 fully saturated rings. The van der Waals surface area contributed by atoms with E-state index in [1.165, 1.54) is 12.6 Å². The molecule has 110 valence electrons. The van der Waals surface area contributed by atoms with Gasteiger partial charge in [-0.2, -0.15) is 5.26 Å². The lowest BCUT2D eigenvalue weighted by atomic mass is 9.95. The Balaban J connectivity index is 2.30. The van der Waals surface area contributed by atoms with Gasteiger partial charge < -0.3 is 16.0 Å². The summed E-state index contributed by atoms with van der Waals surface area (Å²) in [5, 5.41) is 17.3. The standard InChI is InChI=1S/C14H22N4O2/c15-9-12(10-16-7-4-8-17-11-19)14(20)18-13-5-2-1-3-6-13/h10-11,13,16H,1-8H2,(H,17,19)(H,18,20)/b12-10-. The number of rotatable bonds is 8. The summed E-state index contributed by atoms with van der Waals surface area (Å²) in [4.78, 5) is 21.9. The maximum atomic E-state index is 11.9. The van der Waals surface area contributed by atoms with Gasteiger partial charge in [0.15, 0.2) is 0 Å². The molecule has 0 aromatic carbocycles. The maximum Gasteiger partial charge on any atom is 0.263 e. The van der Waals surface area contributed by atoms with Gasteiger partial charge in [0.25, 0.3) is 5.91 Å². The second-order valence-electron chi connectivity index (χ2n) is 4.86. The zero-order valence-electron chi connectivity index (χ0n) is 11.7. The van der Waals surface area contributed by atoms with Crippen molar-refractivity contribution in [1.82, 2.24) is 16.0 Å². The quantitative estimate of drug-likeness (QED) is 0.262. The van der Waals surface area contributed by atoms with Crippen LogP contribution in [0.3, 0.4) is 0 Å². The first kappa shape index (κ1) is 16.0. The number of carbonyl (C=O) groups excluding carboxylic acids is 2. The Morgan fingerprint density at radius 1 is 1.20 bits per heavy atom. The van der Waals surface area contributed by atoms with Gasteiger partial charge in [-0.1, -0.05) is 19.3 Å². The molecular formula is C14H22N4O2. The summed E-state index contributed by atoms with van der Waals surface area (Å²) in [5.41, 5.74) is 0.0962. The topological polar surface area (TPSA) is 94.0 Å². The van der Waals surface area contributed by atoms with Crippen molar-refractivity contribution in [2.45, 2.75) is 44.6 Å². The van der Waals surface area contributed by atoms with Crippen molar-refractivity contribution in [3.8, 4) is 6.07 Å². The Kier molecular flexibility index (Phi) is 7.89. The van der Waals surface area contributed by atoms with E-state index < -0.39 is 0 Å². The summed E-state index contributed by atoms with van der Waals surface area (Å²) in [6, 6.07) is 2.11. The Morgan fingerprint density at radius 2 is 1.90 bits per heavy atom. The molecule has 1 saturated carbocycles. The zero-order valence-corrected chi connectivity index (χ0v) is 11.7. The van der Waals surface area contributed by atoms with E-state index in [0.29, 0.717) is 19.5 Å². The lowest BCUT2D eigenvalue weighted by Gasteiger charge is -2.22. The lowest BCUT2D eigenvalue weighted by molar-refractivity contribution is -0.118. The Bertz CT molecular complexity index is 381. The monoisotopic (exact) mass is 278 g/mol. The van der Waals surface area contributed by atoms with E-state index in [0.717, 1.165) is 32.1 Å². The molecule has 0 aromatic heterocycles. The van der Waals surface area contributed by atoms with E-state index in [9.17, 15) is 9.59 Å². The molecule has 6 heteroatoms. The van der Waals surface area contributed by atoms with Crippen molar-refractivity contribution < 1.29 is 9.59 Å². The van der Waals surface area contributed by atoms with Crippen molar-refractivity contribution in [2.24, 2.45) is 0 Å². The van der Waals surface area contributed by atoms with Gasteiger partial charge in [0.2, 0.25) is 6.41 Å².